The number of para-hydroxylation sites is 1. The maximum Gasteiger partial charge on any atom is 0.273 e. The van der Waals surface area contributed by atoms with Crippen LogP contribution in [0.1, 0.15) is 21.9 Å². The van der Waals surface area contributed by atoms with Gasteiger partial charge in [0.1, 0.15) is 5.69 Å². The minimum absolute atomic E-state index is 0.0411. The molecule has 2 N–H and O–H groups in total. The molecule has 5 nitrogen and oxygen atoms in total. The van der Waals surface area contributed by atoms with Crippen LogP contribution in [0.5, 0.6) is 0 Å². The smallest absolute Gasteiger partial charge is 0.273 e. The maximum atomic E-state index is 12.6. The molecule has 2 heterocycles. The lowest BCUT2D eigenvalue weighted by atomic mass is 10.3. The second kappa shape index (κ2) is 7.57. The number of hydrogen-bond donors (Lipinski definition) is 1. The summed E-state index contributed by atoms with van der Waals surface area (Å²) in [4.78, 5) is 21.3. The highest BCUT2D eigenvalue weighted by molar-refractivity contribution is 7.09. The average Bonchev–Trinajstić information content (AvgIpc) is 2.91. The standard InChI is InChI=1S/C17H22N4OS/c18-8-7-16-19-15(13-23-16)17(22)21-10-4-9-20(11-12-21)14-5-2-1-3-6-14/h1-3,5-6,13H,4,7-12,18H2. The zero-order valence-corrected chi connectivity index (χ0v) is 14.0. The van der Waals surface area contributed by atoms with Gasteiger partial charge in [0.25, 0.3) is 5.91 Å². The molecule has 1 aromatic heterocycles. The second-order valence-electron chi connectivity index (χ2n) is 5.63. The van der Waals surface area contributed by atoms with Crippen LogP contribution < -0.4 is 10.6 Å². The third-order valence-corrected chi connectivity index (χ3v) is 4.94. The van der Waals surface area contributed by atoms with Crippen molar-refractivity contribution in [2.45, 2.75) is 12.8 Å². The van der Waals surface area contributed by atoms with Crippen LogP contribution in [0, 0.1) is 0 Å². The van der Waals surface area contributed by atoms with Crippen molar-refractivity contribution < 1.29 is 4.79 Å². The zero-order chi connectivity index (χ0) is 16.1. The summed E-state index contributed by atoms with van der Waals surface area (Å²) in [6.45, 7) is 3.92. The fourth-order valence-corrected chi connectivity index (χ4v) is 3.61. The van der Waals surface area contributed by atoms with E-state index in [-0.39, 0.29) is 5.91 Å². The van der Waals surface area contributed by atoms with Gasteiger partial charge in [0.05, 0.1) is 5.01 Å². The van der Waals surface area contributed by atoms with Gasteiger partial charge in [-0.2, -0.15) is 0 Å². The molecule has 0 unspecified atom stereocenters. The van der Waals surface area contributed by atoms with Gasteiger partial charge in [-0.15, -0.1) is 11.3 Å². The highest BCUT2D eigenvalue weighted by atomic mass is 32.1. The lowest BCUT2D eigenvalue weighted by Crippen LogP contribution is -2.35. The molecule has 0 atom stereocenters. The molecule has 0 radical (unpaired) electrons. The zero-order valence-electron chi connectivity index (χ0n) is 13.1. The average molecular weight is 330 g/mol. The number of benzene rings is 1. The summed E-state index contributed by atoms with van der Waals surface area (Å²) in [5.41, 5.74) is 7.33. The Morgan fingerprint density at radius 2 is 2.00 bits per heavy atom. The van der Waals surface area contributed by atoms with Crippen LogP contribution in [0.4, 0.5) is 5.69 Å². The molecule has 1 aromatic carbocycles. The number of amides is 1. The van der Waals surface area contributed by atoms with E-state index in [0.29, 0.717) is 12.2 Å². The van der Waals surface area contributed by atoms with E-state index >= 15 is 0 Å². The van der Waals surface area contributed by atoms with E-state index < -0.39 is 0 Å². The number of carbonyl (C=O) groups excluding carboxylic acids is 1. The van der Waals surface area contributed by atoms with E-state index in [1.165, 1.54) is 17.0 Å². The molecule has 0 bridgehead atoms. The summed E-state index contributed by atoms with van der Waals surface area (Å²) < 4.78 is 0. The maximum absolute atomic E-state index is 12.6. The summed E-state index contributed by atoms with van der Waals surface area (Å²) >= 11 is 1.52. The molecule has 6 heteroatoms. The molecule has 23 heavy (non-hydrogen) atoms. The Hall–Kier alpha value is -1.92. The fourth-order valence-electron chi connectivity index (χ4n) is 2.83. The van der Waals surface area contributed by atoms with E-state index in [2.05, 4.69) is 34.1 Å². The van der Waals surface area contributed by atoms with Gasteiger partial charge < -0.3 is 15.5 Å². The monoisotopic (exact) mass is 330 g/mol. The van der Waals surface area contributed by atoms with Crippen molar-refractivity contribution in [3.8, 4) is 0 Å². The number of nitrogens with zero attached hydrogens (tertiary/aromatic N) is 3. The van der Waals surface area contributed by atoms with Crippen molar-refractivity contribution in [1.29, 1.82) is 0 Å². The SMILES string of the molecule is NCCc1nc(C(=O)N2CCCN(c3ccccc3)CC2)cs1. The van der Waals surface area contributed by atoms with Crippen molar-refractivity contribution in [2.75, 3.05) is 37.6 Å². The molecule has 3 rings (SSSR count). The fraction of sp³-hybridized carbons (Fsp3) is 0.412. The van der Waals surface area contributed by atoms with Gasteiger partial charge in [-0.25, -0.2) is 4.98 Å². The van der Waals surface area contributed by atoms with Crippen LogP contribution in [0.3, 0.4) is 0 Å². The number of aromatic nitrogens is 1. The molecular weight excluding hydrogens is 308 g/mol. The van der Waals surface area contributed by atoms with E-state index in [1.807, 2.05) is 16.3 Å². The molecule has 1 saturated heterocycles. The number of hydrogen-bond acceptors (Lipinski definition) is 5. The highest BCUT2D eigenvalue weighted by Crippen LogP contribution is 2.18. The molecule has 0 saturated carbocycles. The number of rotatable bonds is 4. The quantitative estimate of drug-likeness (QED) is 0.931. The predicted molar refractivity (Wildman–Crippen MR) is 94.0 cm³/mol. The third-order valence-electron chi connectivity index (χ3n) is 4.03. The topological polar surface area (TPSA) is 62.5 Å². The van der Waals surface area contributed by atoms with Crippen molar-refractivity contribution in [2.24, 2.45) is 5.73 Å². The van der Waals surface area contributed by atoms with E-state index in [9.17, 15) is 4.79 Å². The molecular formula is C17H22N4OS. The molecule has 0 aliphatic carbocycles. The summed E-state index contributed by atoms with van der Waals surface area (Å²) in [5.74, 6) is 0.0411. The Morgan fingerprint density at radius 1 is 1.17 bits per heavy atom. The van der Waals surface area contributed by atoms with Gasteiger partial charge >= 0.3 is 0 Å². The van der Waals surface area contributed by atoms with Crippen LogP contribution in [0.15, 0.2) is 35.7 Å². The first-order valence-corrected chi connectivity index (χ1v) is 8.89. The molecule has 0 spiro atoms. The summed E-state index contributed by atoms with van der Waals surface area (Å²) in [7, 11) is 0. The van der Waals surface area contributed by atoms with Crippen LogP contribution in [-0.4, -0.2) is 48.5 Å². The Bertz CT molecular complexity index is 643. The molecule has 1 aliphatic rings. The van der Waals surface area contributed by atoms with Gasteiger partial charge in [-0.05, 0) is 25.1 Å². The van der Waals surface area contributed by atoms with Gasteiger partial charge in [-0.3, -0.25) is 4.79 Å². The Labute approximate surface area is 140 Å². The Kier molecular flexibility index (Phi) is 5.25. The lowest BCUT2D eigenvalue weighted by Gasteiger charge is -2.23. The van der Waals surface area contributed by atoms with Crippen molar-refractivity contribution in [1.82, 2.24) is 9.88 Å². The number of anilines is 1. The van der Waals surface area contributed by atoms with Crippen LogP contribution in [0.2, 0.25) is 0 Å². The molecule has 1 aliphatic heterocycles. The molecule has 122 valence electrons. The summed E-state index contributed by atoms with van der Waals surface area (Å²) in [6.07, 6.45) is 1.71. The van der Waals surface area contributed by atoms with Crippen molar-refractivity contribution in [3.05, 3.63) is 46.4 Å². The number of nitrogens with two attached hydrogens (primary N) is 1. The van der Waals surface area contributed by atoms with E-state index in [0.717, 1.165) is 44.0 Å². The van der Waals surface area contributed by atoms with Crippen LogP contribution in [0.25, 0.3) is 0 Å². The molecule has 1 amide bonds. The first-order chi connectivity index (χ1) is 11.3. The molecule has 1 fully saturated rings. The van der Waals surface area contributed by atoms with Crippen LogP contribution >= 0.6 is 11.3 Å². The molecule has 2 aromatic rings. The Morgan fingerprint density at radius 3 is 2.78 bits per heavy atom. The van der Waals surface area contributed by atoms with Crippen molar-refractivity contribution in [3.63, 3.8) is 0 Å². The van der Waals surface area contributed by atoms with E-state index in [1.54, 1.807) is 0 Å². The van der Waals surface area contributed by atoms with Gasteiger partial charge in [-0.1, -0.05) is 18.2 Å². The number of thiazole rings is 1. The lowest BCUT2D eigenvalue weighted by molar-refractivity contribution is 0.0762. The van der Waals surface area contributed by atoms with Crippen molar-refractivity contribution >= 4 is 22.9 Å². The van der Waals surface area contributed by atoms with E-state index in [4.69, 9.17) is 5.73 Å². The van der Waals surface area contributed by atoms with Gasteiger partial charge in [0, 0.05) is 43.7 Å². The summed E-state index contributed by atoms with van der Waals surface area (Å²) in [6, 6.07) is 10.4. The Balaban J connectivity index is 1.64. The summed E-state index contributed by atoms with van der Waals surface area (Å²) in [5, 5.41) is 2.80. The van der Waals surface area contributed by atoms with Crippen LogP contribution in [-0.2, 0) is 6.42 Å². The number of carbonyl (C=O) groups is 1. The minimum Gasteiger partial charge on any atom is -0.370 e. The normalized spacial score (nSPS) is 15.5. The highest BCUT2D eigenvalue weighted by Gasteiger charge is 2.22. The second-order valence-corrected chi connectivity index (χ2v) is 6.58. The predicted octanol–water partition coefficient (Wildman–Crippen LogP) is 2.00. The third kappa shape index (κ3) is 3.89. The first kappa shape index (κ1) is 16.0. The van der Waals surface area contributed by atoms with Gasteiger partial charge in [0.15, 0.2) is 0 Å². The minimum atomic E-state index is 0.0411. The first-order valence-electron chi connectivity index (χ1n) is 8.01. The largest absolute Gasteiger partial charge is 0.370 e. The van der Waals surface area contributed by atoms with Gasteiger partial charge in [0.2, 0.25) is 0 Å².